The molecule has 3 aromatic rings. The smallest absolute Gasteiger partial charge is 0.380 e. The second-order valence-corrected chi connectivity index (χ2v) is 9.29. The summed E-state index contributed by atoms with van der Waals surface area (Å²) in [5.41, 5.74) is 2.33. The molecule has 0 atom stereocenters. The van der Waals surface area contributed by atoms with Crippen LogP contribution in [0.3, 0.4) is 0 Å². The van der Waals surface area contributed by atoms with Crippen LogP contribution >= 0.6 is 11.3 Å². The number of aromatic nitrogens is 2. The van der Waals surface area contributed by atoms with E-state index in [0.29, 0.717) is 18.0 Å². The van der Waals surface area contributed by atoms with E-state index in [9.17, 15) is 13.2 Å². The van der Waals surface area contributed by atoms with Gasteiger partial charge in [0.1, 0.15) is 0 Å². The molecule has 4 nitrogen and oxygen atoms in total. The number of nitrogens with one attached hydrogen (secondary N) is 1. The molecule has 1 aromatic carbocycles. The van der Waals surface area contributed by atoms with Crippen LogP contribution in [-0.4, -0.2) is 34.5 Å². The third kappa shape index (κ3) is 6.21. The summed E-state index contributed by atoms with van der Waals surface area (Å²) >= 11 is 1.09. The van der Waals surface area contributed by atoms with Crippen molar-refractivity contribution < 1.29 is 13.2 Å². The third-order valence-electron chi connectivity index (χ3n) is 5.73. The number of benzene rings is 1. The lowest BCUT2D eigenvalue weighted by Crippen LogP contribution is -2.31. The molecule has 33 heavy (non-hydrogen) atoms. The number of thiazole rings is 1. The first-order chi connectivity index (χ1) is 15.9. The molecule has 174 valence electrons. The molecule has 0 amide bonds. The van der Waals surface area contributed by atoms with Gasteiger partial charge in [0, 0.05) is 37.6 Å². The average Bonchev–Trinajstić information content (AvgIpc) is 3.28. The van der Waals surface area contributed by atoms with Crippen LogP contribution in [0.5, 0.6) is 0 Å². The van der Waals surface area contributed by atoms with Crippen molar-refractivity contribution >= 4 is 17.0 Å². The van der Waals surface area contributed by atoms with Crippen LogP contribution in [0.2, 0.25) is 0 Å². The highest BCUT2D eigenvalue weighted by Crippen LogP contribution is 2.37. The minimum atomic E-state index is -4.51. The Hall–Kier alpha value is -2.71. The number of hydrogen-bond donors (Lipinski definition) is 1. The molecule has 0 unspecified atom stereocenters. The van der Waals surface area contributed by atoms with Crippen LogP contribution in [0.1, 0.15) is 40.4 Å². The molecule has 4 rings (SSSR count). The van der Waals surface area contributed by atoms with Crippen molar-refractivity contribution in [2.24, 2.45) is 0 Å². The summed E-state index contributed by atoms with van der Waals surface area (Å²) in [5.74, 6) is 0. The SMILES string of the molecule is C=C(NCc1cccc(-c2cccnc2)c1)c1sc(CCN2CCCCC2)nc1C(F)(F)F. The standard InChI is InChI=1S/C25H27F3N4S/c1-18(30-16-19-7-5-8-20(15-19)21-9-6-11-29-17-21)23-24(25(26,27)28)31-22(33-23)10-14-32-12-3-2-4-13-32/h5-9,11,15,17,30H,1-4,10,12-14,16H2. The molecule has 2 aromatic heterocycles. The molecule has 0 radical (unpaired) electrons. The molecule has 0 aliphatic carbocycles. The molecule has 8 heteroatoms. The van der Waals surface area contributed by atoms with Crippen molar-refractivity contribution in [1.29, 1.82) is 0 Å². The lowest BCUT2D eigenvalue weighted by molar-refractivity contribution is -0.141. The first kappa shape index (κ1) is 23.4. The van der Waals surface area contributed by atoms with Gasteiger partial charge in [-0.1, -0.05) is 37.3 Å². The minimum Gasteiger partial charge on any atom is -0.380 e. The van der Waals surface area contributed by atoms with Crippen LogP contribution in [0.4, 0.5) is 13.2 Å². The number of likely N-dealkylation sites (tertiary alicyclic amines) is 1. The lowest BCUT2D eigenvalue weighted by Gasteiger charge is -2.25. The van der Waals surface area contributed by atoms with Gasteiger partial charge in [0.15, 0.2) is 5.69 Å². The van der Waals surface area contributed by atoms with E-state index < -0.39 is 11.9 Å². The molecule has 1 aliphatic rings. The van der Waals surface area contributed by atoms with E-state index in [2.05, 4.69) is 26.8 Å². The molecule has 3 heterocycles. The van der Waals surface area contributed by atoms with E-state index >= 15 is 0 Å². The molecule has 1 saturated heterocycles. The fourth-order valence-electron chi connectivity index (χ4n) is 3.99. The van der Waals surface area contributed by atoms with Gasteiger partial charge in [-0.25, -0.2) is 4.98 Å². The van der Waals surface area contributed by atoms with Gasteiger partial charge in [-0.2, -0.15) is 13.2 Å². The highest BCUT2D eigenvalue weighted by Gasteiger charge is 2.38. The Labute approximate surface area is 196 Å². The van der Waals surface area contributed by atoms with E-state index in [1.165, 1.54) is 6.42 Å². The van der Waals surface area contributed by atoms with E-state index in [1.807, 2.05) is 36.4 Å². The number of rotatable bonds is 8. The summed E-state index contributed by atoms with van der Waals surface area (Å²) in [4.78, 5) is 10.5. The van der Waals surface area contributed by atoms with Crippen LogP contribution in [0.15, 0.2) is 55.4 Å². The van der Waals surface area contributed by atoms with E-state index in [0.717, 1.165) is 60.5 Å². The maximum absolute atomic E-state index is 13.7. The van der Waals surface area contributed by atoms with Crippen LogP contribution < -0.4 is 5.32 Å². The van der Waals surface area contributed by atoms with Crippen molar-refractivity contribution in [3.63, 3.8) is 0 Å². The summed E-state index contributed by atoms with van der Waals surface area (Å²) in [6.07, 6.45) is 3.04. The van der Waals surface area contributed by atoms with Gasteiger partial charge in [0.05, 0.1) is 9.88 Å². The summed E-state index contributed by atoms with van der Waals surface area (Å²) < 4.78 is 41.0. The predicted molar refractivity (Wildman–Crippen MR) is 127 cm³/mol. The Kier molecular flexibility index (Phi) is 7.45. The number of pyridine rings is 1. The topological polar surface area (TPSA) is 41.1 Å². The summed E-state index contributed by atoms with van der Waals surface area (Å²) in [6.45, 7) is 7.03. The Balaban J connectivity index is 1.44. The highest BCUT2D eigenvalue weighted by molar-refractivity contribution is 7.12. The second kappa shape index (κ2) is 10.5. The van der Waals surface area contributed by atoms with Gasteiger partial charge in [-0.05, 0) is 54.8 Å². The molecule has 1 N–H and O–H groups in total. The zero-order chi connectivity index (χ0) is 23.3. The molecule has 0 spiro atoms. The number of hydrogen-bond acceptors (Lipinski definition) is 5. The van der Waals surface area contributed by atoms with Gasteiger partial charge in [0.25, 0.3) is 0 Å². The van der Waals surface area contributed by atoms with Crippen molar-refractivity contribution in [1.82, 2.24) is 20.2 Å². The van der Waals surface area contributed by atoms with Gasteiger partial charge in [0.2, 0.25) is 0 Å². The molecule has 1 fully saturated rings. The number of nitrogens with zero attached hydrogens (tertiary/aromatic N) is 3. The van der Waals surface area contributed by atoms with Crippen molar-refractivity contribution in [3.8, 4) is 11.1 Å². The fourth-order valence-corrected chi connectivity index (χ4v) is 5.01. The summed E-state index contributed by atoms with van der Waals surface area (Å²) in [5, 5.41) is 3.58. The number of piperidine rings is 1. The normalized spacial score (nSPS) is 14.9. The van der Waals surface area contributed by atoms with Crippen LogP contribution in [-0.2, 0) is 19.1 Å². The molecular formula is C25H27F3N4S. The van der Waals surface area contributed by atoms with E-state index in [-0.39, 0.29) is 10.6 Å². The minimum absolute atomic E-state index is 0.0690. The second-order valence-electron chi connectivity index (χ2n) is 8.21. The quantitative estimate of drug-likeness (QED) is 0.436. The van der Waals surface area contributed by atoms with Crippen LogP contribution in [0.25, 0.3) is 16.8 Å². The lowest BCUT2D eigenvalue weighted by atomic mass is 10.0. The predicted octanol–water partition coefficient (Wildman–Crippen LogP) is 6.01. The average molecular weight is 473 g/mol. The molecule has 0 bridgehead atoms. The Bertz CT molecular complexity index is 1070. The summed E-state index contributed by atoms with van der Waals surface area (Å²) in [7, 11) is 0. The largest absolute Gasteiger partial charge is 0.434 e. The maximum atomic E-state index is 13.7. The maximum Gasteiger partial charge on any atom is 0.434 e. The zero-order valence-corrected chi connectivity index (χ0v) is 19.2. The zero-order valence-electron chi connectivity index (χ0n) is 18.4. The Morgan fingerprint density at radius 3 is 2.61 bits per heavy atom. The van der Waals surface area contributed by atoms with E-state index in [4.69, 9.17) is 0 Å². The highest BCUT2D eigenvalue weighted by atomic mass is 32.1. The Morgan fingerprint density at radius 2 is 1.88 bits per heavy atom. The molecule has 0 saturated carbocycles. The first-order valence-corrected chi connectivity index (χ1v) is 11.9. The first-order valence-electron chi connectivity index (χ1n) is 11.1. The van der Waals surface area contributed by atoms with Gasteiger partial charge < -0.3 is 10.2 Å². The fraction of sp³-hybridized carbons (Fsp3) is 0.360. The summed E-state index contributed by atoms with van der Waals surface area (Å²) in [6, 6.07) is 11.7. The Morgan fingerprint density at radius 1 is 1.09 bits per heavy atom. The molecular weight excluding hydrogens is 445 g/mol. The number of halogens is 3. The monoisotopic (exact) mass is 472 g/mol. The van der Waals surface area contributed by atoms with Gasteiger partial charge in [-0.3, -0.25) is 4.98 Å². The van der Waals surface area contributed by atoms with Crippen molar-refractivity contribution in [2.45, 2.75) is 38.4 Å². The van der Waals surface area contributed by atoms with Gasteiger partial charge in [-0.15, -0.1) is 11.3 Å². The van der Waals surface area contributed by atoms with Crippen molar-refractivity contribution in [3.05, 3.63) is 76.5 Å². The number of alkyl halides is 3. The van der Waals surface area contributed by atoms with Gasteiger partial charge >= 0.3 is 6.18 Å². The van der Waals surface area contributed by atoms with Crippen LogP contribution in [0, 0.1) is 0 Å². The van der Waals surface area contributed by atoms with Crippen molar-refractivity contribution in [2.75, 3.05) is 19.6 Å². The third-order valence-corrected chi connectivity index (χ3v) is 6.91. The molecule has 1 aliphatic heterocycles. The van der Waals surface area contributed by atoms with E-state index in [1.54, 1.807) is 12.4 Å².